The van der Waals surface area contributed by atoms with Gasteiger partial charge in [0.25, 0.3) is 0 Å². The maximum Gasteiger partial charge on any atom is 0.122 e. The Morgan fingerprint density at radius 1 is 1.58 bits per heavy atom. The van der Waals surface area contributed by atoms with Crippen LogP contribution in [0, 0.1) is 0 Å². The zero-order valence-corrected chi connectivity index (χ0v) is 7.58. The van der Waals surface area contributed by atoms with Crippen molar-refractivity contribution in [2.24, 2.45) is 0 Å². The Balaban J connectivity index is 2.70. The molecular formula is C9H15NO2. The molecule has 0 atom stereocenters. The molecule has 0 spiro atoms. The van der Waals surface area contributed by atoms with Crippen molar-refractivity contribution < 1.29 is 9.84 Å². The van der Waals surface area contributed by atoms with Crippen molar-refractivity contribution in [3.63, 3.8) is 0 Å². The van der Waals surface area contributed by atoms with Crippen molar-refractivity contribution in [1.29, 1.82) is 0 Å². The highest BCUT2D eigenvalue weighted by atomic mass is 16.5. The Labute approximate surface area is 72.9 Å². The Kier molecular flexibility index (Phi) is 3.17. The molecule has 0 unspecified atom stereocenters. The van der Waals surface area contributed by atoms with Crippen LogP contribution >= 0.6 is 0 Å². The number of rotatable bonds is 2. The summed E-state index contributed by atoms with van der Waals surface area (Å²) in [6.45, 7) is 0.769. The Morgan fingerprint density at radius 2 is 2.33 bits per heavy atom. The summed E-state index contributed by atoms with van der Waals surface area (Å²) >= 11 is 0. The lowest BCUT2D eigenvalue weighted by molar-refractivity contribution is 0.257. The first-order valence-electron chi connectivity index (χ1n) is 4.05. The van der Waals surface area contributed by atoms with Gasteiger partial charge < -0.3 is 14.7 Å². The molecule has 3 nitrogen and oxygen atoms in total. The summed E-state index contributed by atoms with van der Waals surface area (Å²) in [5, 5.41) is 8.68. The van der Waals surface area contributed by atoms with Crippen LogP contribution in [0.5, 0.6) is 0 Å². The third-order valence-electron chi connectivity index (χ3n) is 1.64. The quantitative estimate of drug-likeness (QED) is 0.661. The molecule has 0 aromatic heterocycles. The van der Waals surface area contributed by atoms with E-state index in [1.807, 2.05) is 25.2 Å². The van der Waals surface area contributed by atoms with E-state index in [2.05, 4.69) is 0 Å². The summed E-state index contributed by atoms with van der Waals surface area (Å²) in [7, 11) is 3.95. The second-order valence-corrected chi connectivity index (χ2v) is 2.97. The molecule has 0 radical (unpaired) electrons. The molecule has 0 amide bonds. The van der Waals surface area contributed by atoms with Crippen LogP contribution < -0.4 is 0 Å². The van der Waals surface area contributed by atoms with Crippen molar-refractivity contribution in [3.8, 4) is 0 Å². The van der Waals surface area contributed by atoms with E-state index in [0.717, 1.165) is 24.4 Å². The van der Waals surface area contributed by atoms with Gasteiger partial charge in [-0.25, -0.2) is 0 Å². The molecule has 1 N–H and O–H groups in total. The lowest BCUT2D eigenvalue weighted by atomic mass is 10.2. The highest BCUT2D eigenvalue weighted by molar-refractivity contribution is 5.28. The Hall–Kier alpha value is -0.960. The normalized spacial score (nSPS) is 23.2. The van der Waals surface area contributed by atoms with Crippen molar-refractivity contribution in [2.45, 2.75) is 6.42 Å². The molecule has 12 heavy (non-hydrogen) atoms. The van der Waals surface area contributed by atoms with Crippen molar-refractivity contribution in [3.05, 3.63) is 23.6 Å². The van der Waals surface area contributed by atoms with Gasteiger partial charge in [0.05, 0.1) is 13.2 Å². The van der Waals surface area contributed by atoms with Gasteiger partial charge in [-0.2, -0.15) is 0 Å². The van der Waals surface area contributed by atoms with E-state index < -0.39 is 0 Å². The molecule has 1 aliphatic heterocycles. The fourth-order valence-corrected chi connectivity index (χ4v) is 1.20. The van der Waals surface area contributed by atoms with Crippen molar-refractivity contribution in [1.82, 2.24) is 4.90 Å². The first kappa shape index (κ1) is 9.13. The minimum Gasteiger partial charge on any atom is -0.493 e. The summed E-state index contributed by atoms with van der Waals surface area (Å²) < 4.78 is 5.31. The van der Waals surface area contributed by atoms with Gasteiger partial charge in [0.1, 0.15) is 5.76 Å². The van der Waals surface area contributed by atoms with Crippen LogP contribution in [-0.2, 0) is 4.74 Å². The molecule has 0 aromatic rings. The van der Waals surface area contributed by atoms with Gasteiger partial charge >= 0.3 is 0 Å². The minimum absolute atomic E-state index is 0.0418. The van der Waals surface area contributed by atoms with Crippen LogP contribution in [0.2, 0.25) is 0 Å². The highest BCUT2D eigenvalue weighted by Gasteiger charge is 2.14. The topological polar surface area (TPSA) is 32.7 Å². The summed E-state index contributed by atoms with van der Waals surface area (Å²) in [6.07, 6.45) is 4.65. The maximum atomic E-state index is 8.68. The maximum absolute atomic E-state index is 8.68. The van der Waals surface area contributed by atoms with Gasteiger partial charge in [0.2, 0.25) is 0 Å². The first-order valence-corrected chi connectivity index (χ1v) is 4.05. The predicted octanol–water partition coefficient (Wildman–Crippen LogP) is 0.728. The highest BCUT2D eigenvalue weighted by Crippen LogP contribution is 2.23. The number of nitrogens with zero attached hydrogens (tertiary/aromatic N) is 1. The van der Waals surface area contributed by atoms with Gasteiger partial charge in [-0.1, -0.05) is 0 Å². The summed E-state index contributed by atoms with van der Waals surface area (Å²) in [5.74, 6) is 0.825. The molecule has 1 aliphatic rings. The van der Waals surface area contributed by atoms with E-state index >= 15 is 0 Å². The molecular weight excluding hydrogens is 154 g/mol. The monoisotopic (exact) mass is 169 g/mol. The van der Waals surface area contributed by atoms with E-state index in [9.17, 15) is 0 Å². The zero-order chi connectivity index (χ0) is 8.97. The molecule has 3 heteroatoms. The summed E-state index contributed by atoms with van der Waals surface area (Å²) in [5.41, 5.74) is 1.16. The number of hydrogen-bond donors (Lipinski definition) is 1. The first-order chi connectivity index (χ1) is 5.74. The lowest BCUT2D eigenvalue weighted by Crippen LogP contribution is -2.02. The zero-order valence-electron chi connectivity index (χ0n) is 7.58. The van der Waals surface area contributed by atoms with Crippen molar-refractivity contribution >= 4 is 0 Å². The fraction of sp³-hybridized carbons (Fsp3) is 0.556. The number of ether oxygens (including phenoxy) is 1. The largest absolute Gasteiger partial charge is 0.493 e. The fourth-order valence-electron chi connectivity index (χ4n) is 1.20. The lowest BCUT2D eigenvalue weighted by Gasteiger charge is -2.06. The van der Waals surface area contributed by atoms with Gasteiger partial charge in [-0.05, 0) is 6.08 Å². The molecule has 1 heterocycles. The van der Waals surface area contributed by atoms with E-state index in [1.54, 1.807) is 6.08 Å². The molecule has 0 aliphatic carbocycles. The molecule has 68 valence electrons. The van der Waals surface area contributed by atoms with E-state index in [1.165, 1.54) is 0 Å². The van der Waals surface area contributed by atoms with Gasteiger partial charge in [-0.3, -0.25) is 0 Å². The van der Waals surface area contributed by atoms with Crippen LogP contribution in [0.1, 0.15) is 6.42 Å². The molecule has 0 saturated carbocycles. The molecule has 0 aromatic carbocycles. The predicted molar refractivity (Wildman–Crippen MR) is 47.5 cm³/mol. The smallest absolute Gasteiger partial charge is 0.122 e. The Morgan fingerprint density at radius 3 is 2.92 bits per heavy atom. The SMILES string of the molecule is CN(C)C=C1CCOC1=CCO. The third-order valence-corrected chi connectivity index (χ3v) is 1.64. The number of hydrogen-bond acceptors (Lipinski definition) is 3. The summed E-state index contributed by atoms with van der Waals surface area (Å²) in [4.78, 5) is 1.98. The van der Waals surface area contributed by atoms with Gasteiger partial charge in [-0.15, -0.1) is 0 Å². The van der Waals surface area contributed by atoms with Crippen molar-refractivity contribution in [2.75, 3.05) is 27.3 Å². The average Bonchev–Trinajstić information content (AvgIpc) is 2.37. The van der Waals surface area contributed by atoms with E-state index in [4.69, 9.17) is 9.84 Å². The van der Waals surface area contributed by atoms with Crippen LogP contribution in [0.15, 0.2) is 23.6 Å². The second kappa shape index (κ2) is 4.16. The van der Waals surface area contributed by atoms with Gasteiger partial charge in [0, 0.05) is 32.3 Å². The van der Waals surface area contributed by atoms with E-state index in [-0.39, 0.29) is 6.61 Å². The van der Waals surface area contributed by atoms with Crippen LogP contribution in [0.25, 0.3) is 0 Å². The molecule has 1 saturated heterocycles. The molecule has 0 bridgehead atoms. The number of aliphatic hydroxyl groups excluding tert-OH is 1. The number of allylic oxidation sites excluding steroid dienone is 1. The van der Waals surface area contributed by atoms with Crippen LogP contribution in [0.4, 0.5) is 0 Å². The van der Waals surface area contributed by atoms with E-state index in [0.29, 0.717) is 0 Å². The summed E-state index contributed by atoms with van der Waals surface area (Å²) in [6, 6.07) is 0. The van der Waals surface area contributed by atoms with Gasteiger partial charge in [0.15, 0.2) is 0 Å². The third kappa shape index (κ3) is 2.27. The van der Waals surface area contributed by atoms with Crippen LogP contribution in [-0.4, -0.2) is 37.3 Å². The second-order valence-electron chi connectivity index (χ2n) is 2.97. The van der Waals surface area contributed by atoms with Crippen LogP contribution in [0.3, 0.4) is 0 Å². The Bertz CT molecular complexity index is 207. The molecule has 1 rings (SSSR count). The number of aliphatic hydroxyl groups is 1. The standard InChI is InChI=1S/C9H15NO2/c1-10(2)7-8-4-6-12-9(8)3-5-11/h3,7,11H,4-6H2,1-2H3. The molecule has 1 fully saturated rings. The average molecular weight is 169 g/mol. The minimum atomic E-state index is 0.0418.